The number of esters is 1. The van der Waals surface area contributed by atoms with Crippen LogP contribution in [0.1, 0.15) is 67.9 Å². The normalized spacial score (nSPS) is 13.8. The Labute approximate surface area is 158 Å². The SMILES string of the molecule is CC(C)(C)OC(=O)CN(C(C)(C)C)S(=O)(=O)c1ccc(C(C)(C)C)cc1. The molecule has 0 amide bonds. The summed E-state index contributed by atoms with van der Waals surface area (Å²) in [6.07, 6.45) is 0. The number of nitrogens with zero attached hydrogens (tertiary/aromatic N) is 1. The van der Waals surface area contributed by atoms with E-state index in [1.54, 1.807) is 53.7 Å². The maximum Gasteiger partial charge on any atom is 0.321 e. The lowest BCUT2D eigenvalue weighted by Crippen LogP contribution is -2.49. The minimum absolute atomic E-state index is 0.0669. The third-order valence-electron chi connectivity index (χ3n) is 3.75. The second-order valence-electron chi connectivity index (χ2n) is 9.54. The molecule has 0 unspecified atom stereocenters. The molecule has 5 nitrogen and oxygen atoms in total. The molecule has 0 aromatic heterocycles. The maximum atomic E-state index is 13.2. The van der Waals surface area contributed by atoms with Gasteiger partial charge in [0.25, 0.3) is 0 Å². The van der Waals surface area contributed by atoms with E-state index in [4.69, 9.17) is 4.74 Å². The first-order valence-corrected chi connectivity index (χ1v) is 10.2. The van der Waals surface area contributed by atoms with E-state index in [0.29, 0.717) is 0 Å². The third kappa shape index (κ3) is 6.09. The molecule has 1 aromatic rings. The van der Waals surface area contributed by atoms with Crippen LogP contribution in [0.15, 0.2) is 29.2 Å². The fourth-order valence-electron chi connectivity index (χ4n) is 2.43. The van der Waals surface area contributed by atoms with Crippen molar-refractivity contribution in [2.24, 2.45) is 0 Å². The smallest absolute Gasteiger partial charge is 0.321 e. The number of rotatable bonds is 4. The van der Waals surface area contributed by atoms with Crippen molar-refractivity contribution in [3.8, 4) is 0 Å². The average molecular weight is 384 g/mol. The number of carbonyl (C=O) groups excluding carboxylic acids is 1. The van der Waals surface area contributed by atoms with Gasteiger partial charge in [-0.3, -0.25) is 4.79 Å². The fraction of sp³-hybridized carbons (Fsp3) is 0.650. The van der Waals surface area contributed by atoms with Gasteiger partial charge in [0.15, 0.2) is 0 Å². The Bertz CT molecular complexity index is 730. The lowest BCUT2D eigenvalue weighted by atomic mass is 9.87. The molecule has 0 N–H and O–H groups in total. The van der Waals surface area contributed by atoms with Gasteiger partial charge in [-0.1, -0.05) is 32.9 Å². The summed E-state index contributed by atoms with van der Waals surface area (Å²) in [6.45, 7) is 16.4. The van der Waals surface area contributed by atoms with Gasteiger partial charge in [-0.05, 0) is 64.7 Å². The number of benzene rings is 1. The lowest BCUT2D eigenvalue weighted by molar-refractivity contribution is -0.155. The Kier molecular flexibility index (Phi) is 6.37. The number of hydrogen-bond acceptors (Lipinski definition) is 4. The predicted molar refractivity (Wildman–Crippen MR) is 105 cm³/mol. The van der Waals surface area contributed by atoms with Crippen LogP contribution in [0.2, 0.25) is 0 Å². The number of ether oxygens (including phenoxy) is 1. The Morgan fingerprint density at radius 2 is 1.38 bits per heavy atom. The van der Waals surface area contributed by atoms with E-state index in [2.05, 4.69) is 20.8 Å². The summed E-state index contributed by atoms with van der Waals surface area (Å²) < 4.78 is 32.8. The maximum absolute atomic E-state index is 13.2. The van der Waals surface area contributed by atoms with Gasteiger partial charge in [0, 0.05) is 5.54 Å². The van der Waals surface area contributed by atoms with Crippen LogP contribution in [-0.4, -0.2) is 36.4 Å². The molecule has 0 saturated carbocycles. The molecule has 26 heavy (non-hydrogen) atoms. The molecular weight excluding hydrogens is 350 g/mol. The highest BCUT2D eigenvalue weighted by atomic mass is 32.2. The highest BCUT2D eigenvalue weighted by Crippen LogP contribution is 2.28. The number of sulfonamides is 1. The summed E-state index contributed by atoms with van der Waals surface area (Å²) in [4.78, 5) is 12.4. The monoisotopic (exact) mass is 383 g/mol. The summed E-state index contributed by atoms with van der Waals surface area (Å²) >= 11 is 0. The van der Waals surface area contributed by atoms with E-state index in [1.165, 1.54) is 4.31 Å². The Hall–Kier alpha value is -1.40. The van der Waals surface area contributed by atoms with Gasteiger partial charge < -0.3 is 4.74 Å². The Balaban J connectivity index is 3.23. The lowest BCUT2D eigenvalue weighted by Gasteiger charge is -2.34. The Morgan fingerprint density at radius 1 is 0.923 bits per heavy atom. The minimum Gasteiger partial charge on any atom is -0.459 e. The van der Waals surface area contributed by atoms with Crippen molar-refractivity contribution < 1.29 is 17.9 Å². The van der Waals surface area contributed by atoms with E-state index in [-0.39, 0.29) is 16.9 Å². The van der Waals surface area contributed by atoms with E-state index in [0.717, 1.165) is 5.56 Å². The van der Waals surface area contributed by atoms with Crippen LogP contribution >= 0.6 is 0 Å². The van der Waals surface area contributed by atoms with E-state index >= 15 is 0 Å². The second kappa shape index (κ2) is 7.31. The van der Waals surface area contributed by atoms with Gasteiger partial charge in [0.2, 0.25) is 10.0 Å². The van der Waals surface area contributed by atoms with Gasteiger partial charge in [-0.15, -0.1) is 0 Å². The number of hydrogen-bond donors (Lipinski definition) is 0. The average Bonchev–Trinajstić information content (AvgIpc) is 2.40. The van der Waals surface area contributed by atoms with Crippen molar-refractivity contribution in [2.75, 3.05) is 6.54 Å². The molecule has 0 aliphatic rings. The van der Waals surface area contributed by atoms with E-state index in [1.807, 2.05) is 12.1 Å². The minimum atomic E-state index is -3.84. The van der Waals surface area contributed by atoms with Gasteiger partial charge in [-0.25, -0.2) is 8.42 Å². The van der Waals surface area contributed by atoms with Crippen LogP contribution in [0.5, 0.6) is 0 Å². The van der Waals surface area contributed by atoms with Crippen LogP contribution < -0.4 is 0 Å². The fourth-order valence-corrected chi connectivity index (χ4v) is 4.16. The molecule has 148 valence electrons. The molecule has 0 fully saturated rings. The largest absolute Gasteiger partial charge is 0.459 e. The van der Waals surface area contributed by atoms with E-state index in [9.17, 15) is 13.2 Å². The molecule has 1 aromatic carbocycles. The van der Waals surface area contributed by atoms with Crippen molar-refractivity contribution in [3.05, 3.63) is 29.8 Å². The second-order valence-corrected chi connectivity index (χ2v) is 11.4. The van der Waals surface area contributed by atoms with Gasteiger partial charge >= 0.3 is 5.97 Å². The molecule has 0 aliphatic heterocycles. The van der Waals surface area contributed by atoms with Gasteiger partial charge in [0.1, 0.15) is 12.1 Å². The Morgan fingerprint density at radius 3 is 1.73 bits per heavy atom. The highest BCUT2D eigenvalue weighted by Gasteiger charge is 2.36. The quantitative estimate of drug-likeness (QED) is 0.734. The molecule has 0 saturated heterocycles. The molecule has 0 bridgehead atoms. The molecular formula is C20H33NO4S. The van der Waals surface area contributed by atoms with Crippen molar-refractivity contribution in [1.29, 1.82) is 0 Å². The molecule has 0 aliphatic carbocycles. The van der Waals surface area contributed by atoms with Crippen molar-refractivity contribution in [2.45, 2.75) is 83.8 Å². The van der Waals surface area contributed by atoms with Crippen LogP contribution in [0.4, 0.5) is 0 Å². The van der Waals surface area contributed by atoms with E-state index < -0.39 is 27.1 Å². The zero-order chi connectivity index (χ0) is 20.6. The molecule has 0 atom stereocenters. The topological polar surface area (TPSA) is 63.7 Å². The zero-order valence-electron chi connectivity index (χ0n) is 17.5. The molecule has 0 spiro atoms. The summed E-state index contributed by atoms with van der Waals surface area (Å²) in [5.41, 5.74) is -0.453. The first-order chi connectivity index (χ1) is 11.4. The van der Waals surface area contributed by atoms with Gasteiger partial charge in [-0.2, -0.15) is 4.31 Å². The van der Waals surface area contributed by atoms with Crippen LogP contribution in [0.25, 0.3) is 0 Å². The van der Waals surface area contributed by atoms with Crippen molar-refractivity contribution >= 4 is 16.0 Å². The summed E-state index contributed by atoms with van der Waals surface area (Å²) in [6, 6.07) is 6.84. The van der Waals surface area contributed by atoms with Crippen LogP contribution in [-0.2, 0) is 25.0 Å². The molecule has 6 heteroatoms. The van der Waals surface area contributed by atoms with Crippen LogP contribution in [0, 0.1) is 0 Å². The summed E-state index contributed by atoms with van der Waals surface area (Å²) in [7, 11) is -3.84. The first kappa shape index (κ1) is 22.6. The molecule has 0 radical (unpaired) electrons. The summed E-state index contributed by atoms with van der Waals surface area (Å²) in [5, 5.41) is 0. The third-order valence-corrected chi connectivity index (χ3v) is 5.87. The highest BCUT2D eigenvalue weighted by molar-refractivity contribution is 7.89. The predicted octanol–water partition coefficient (Wildman–Crippen LogP) is 4.12. The molecule has 1 rings (SSSR count). The number of carbonyl (C=O) groups is 1. The van der Waals surface area contributed by atoms with Crippen LogP contribution in [0.3, 0.4) is 0 Å². The van der Waals surface area contributed by atoms with Crippen molar-refractivity contribution in [3.63, 3.8) is 0 Å². The first-order valence-electron chi connectivity index (χ1n) is 8.80. The van der Waals surface area contributed by atoms with Crippen molar-refractivity contribution in [1.82, 2.24) is 4.31 Å². The standard InChI is InChI=1S/C20H33NO4S/c1-18(2,3)15-10-12-16(13-11-15)26(23,24)21(19(4,5)6)14-17(22)25-20(7,8)9/h10-13H,14H2,1-9H3. The summed E-state index contributed by atoms with van der Waals surface area (Å²) in [5.74, 6) is -0.567. The van der Waals surface area contributed by atoms with Gasteiger partial charge in [0.05, 0.1) is 4.90 Å². The zero-order valence-corrected chi connectivity index (χ0v) is 18.3. The molecule has 0 heterocycles.